The van der Waals surface area contributed by atoms with Gasteiger partial charge in [-0.15, -0.1) is 0 Å². The van der Waals surface area contributed by atoms with Gasteiger partial charge in [-0.1, -0.05) is 89.7 Å². The molecule has 1 aromatic heterocycles. The van der Waals surface area contributed by atoms with E-state index in [-0.39, 0.29) is 17.7 Å². The third kappa shape index (κ3) is 6.48. The van der Waals surface area contributed by atoms with Gasteiger partial charge >= 0.3 is 5.97 Å². The molecule has 0 amide bonds. The zero-order chi connectivity index (χ0) is 31.3. The molecule has 2 heterocycles. The molecule has 0 bridgehead atoms. The largest absolute Gasteiger partial charge is 0.497 e. The van der Waals surface area contributed by atoms with E-state index in [1.54, 1.807) is 18.6 Å². The average Bonchev–Trinajstić information content (AvgIpc) is 3.38. The van der Waals surface area contributed by atoms with E-state index in [1.165, 1.54) is 11.3 Å². The maximum absolute atomic E-state index is 14.1. The van der Waals surface area contributed by atoms with Crippen molar-refractivity contribution < 1.29 is 19.0 Å². The highest BCUT2D eigenvalue weighted by Gasteiger charge is 2.35. The highest BCUT2D eigenvalue weighted by atomic mass is 35.5. The Morgan fingerprint density at radius 1 is 0.956 bits per heavy atom. The van der Waals surface area contributed by atoms with Crippen LogP contribution in [-0.2, 0) is 16.1 Å². The van der Waals surface area contributed by atoms with Crippen LogP contribution in [0.1, 0.15) is 35.2 Å². The molecule has 5 aromatic rings. The van der Waals surface area contributed by atoms with Crippen molar-refractivity contribution in [2.45, 2.75) is 19.6 Å². The second kappa shape index (κ2) is 13.4. The number of aromatic nitrogens is 1. The topological polar surface area (TPSA) is 79.1 Å². The van der Waals surface area contributed by atoms with Crippen LogP contribution >= 0.6 is 22.9 Å². The van der Waals surface area contributed by atoms with Gasteiger partial charge in [-0.05, 0) is 66.1 Å². The summed E-state index contributed by atoms with van der Waals surface area (Å²) in [5.74, 6) is 0.777. The Balaban J connectivity index is 1.44. The number of esters is 1. The van der Waals surface area contributed by atoms with Crippen molar-refractivity contribution in [3.8, 4) is 11.5 Å². The molecular formula is C36H29ClN2O5S. The molecule has 0 unspecified atom stereocenters. The van der Waals surface area contributed by atoms with E-state index >= 15 is 0 Å². The molecule has 45 heavy (non-hydrogen) atoms. The van der Waals surface area contributed by atoms with Gasteiger partial charge in [0, 0.05) is 10.6 Å². The number of carbonyl (C=O) groups is 1. The summed E-state index contributed by atoms with van der Waals surface area (Å²) in [5.41, 5.74) is 3.78. The molecule has 0 saturated heterocycles. The van der Waals surface area contributed by atoms with E-state index in [0.717, 1.165) is 16.7 Å². The highest BCUT2D eigenvalue weighted by Crippen LogP contribution is 2.36. The normalized spacial score (nSPS) is 14.5. The van der Waals surface area contributed by atoms with Gasteiger partial charge in [0.25, 0.3) is 5.56 Å². The van der Waals surface area contributed by atoms with Crippen LogP contribution in [0.5, 0.6) is 11.5 Å². The number of ether oxygens (including phenoxy) is 3. The number of methoxy groups -OCH3 is 1. The smallest absolute Gasteiger partial charge is 0.338 e. The third-order valence-electron chi connectivity index (χ3n) is 7.28. The van der Waals surface area contributed by atoms with Crippen molar-refractivity contribution in [3.63, 3.8) is 0 Å². The van der Waals surface area contributed by atoms with Gasteiger partial charge < -0.3 is 14.2 Å². The Hall–Kier alpha value is -4.92. The fourth-order valence-electron chi connectivity index (χ4n) is 5.13. The molecule has 1 aliphatic rings. The predicted octanol–water partition coefficient (Wildman–Crippen LogP) is 6.18. The zero-order valence-corrected chi connectivity index (χ0v) is 26.2. The summed E-state index contributed by atoms with van der Waals surface area (Å²) in [4.78, 5) is 33.1. The van der Waals surface area contributed by atoms with E-state index in [2.05, 4.69) is 0 Å². The van der Waals surface area contributed by atoms with Crippen molar-refractivity contribution in [1.82, 2.24) is 4.57 Å². The first-order valence-corrected chi connectivity index (χ1v) is 15.5. The molecule has 0 saturated carbocycles. The first-order chi connectivity index (χ1) is 21.9. The van der Waals surface area contributed by atoms with E-state index in [1.807, 2.05) is 109 Å². The lowest BCUT2D eigenvalue weighted by atomic mass is 9.93. The minimum absolute atomic E-state index is 0.180. The Morgan fingerprint density at radius 3 is 2.42 bits per heavy atom. The van der Waals surface area contributed by atoms with Gasteiger partial charge in [0.05, 0.1) is 35.6 Å². The van der Waals surface area contributed by atoms with Crippen molar-refractivity contribution in [2.75, 3.05) is 13.7 Å². The average molecular weight is 637 g/mol. The molecule has 7 nitrogen and oxygen atoms in total. The number of benzene rings is 4. The van der Waals surface area contributed by atoms with Crippen molar-refractivity contribution in [1.29, 1.82) is 0 Å². The maximum atomic E-state index is 14.1. The van der Waals surface area contributed by atoms with Gasteiger partial charge in [-0.3, -0.25) is 9.36 Å². The van der Waals surface area contributed by atoms with E-state index in [9.17, 15) is 9.59 Å². The van der Waals surface area contributed by atoms with Crippen LogP contribution < -0.4 is 24.4 Å². The Morgan fingerprint density at radius 2 is 1.71 bits per heavy atom. The lowest BCUT2D eigenvalue weighted by molar-refractivity contribution is -0.138. The fraction of sp³-hybridized carbons (Fsp3) is 0.139. The molecule has 6 rings (SSSR count). The molecule has 226 valence electrons. The monoisotopic (exact) mass is 636 g/mol. The van der Waals surface area contributed by atoms with Crippen LogP contribution in [0.15, 0.2) is 118 Å². The first-order valence-electron chi connectivity index (χ1n) is 14.3. The molecule has 4 aromatic carbocycles. The first kappa shape index (κ1) is 30.1. The number of hydrogen-bond donors (Lipinski definition) is 0. The quantitative estimate of drug-likeness (QED) is 0.181. The lowest BCUT2D eigenvalue weighted by Gasteiger charge is -2.26. The highest BCUT2D eigenvalue weighted by molar-refractivity contribution is 7.07. The molecule has 1 atom stereocenters. The van der Waals surface area contributed by atoms with Crippen molar-refractivity contribution in [2.24, 2.45) is 4.99 Å². The van der Waals surface area contributed by atoms with Crippen LogP contribution in [0.4, 0.5) is 0 Å². The number of rotatable bonds is 9. The Labute approximate surface area is 268 Å². The summed E-state index contributed by atoms with van der Waals surface area (Å²) >= 11 is 7.25. The summed E-state index contributed by atoms with van der Waals surface area (Å²) in [6, 6.07) is 31.1. The summed E-state index contributed by atoms with van der Waals surface area (Å²) in [6.07, 6.45) is 1.83. The molecule has 0 fully saturated rings. The Bertz CT molecular complexity index is 2050. The van der Waals surface area contributed by atoms with Gasteiger partial charge in [-0.2, -0.15) is 0 Å². The molecule has 1 aliphatic heterocycles. The SMILES string of the molecule is CCOC(=O)C1=C(c2ccccc2)N=c2s/c(=C\c3ccc(OCc4ccc(Cl)cc4)cc3)c(=O)n2[C@H]1c1cccc(OC)c1. The van der Waals surface area contributed by atoms with Gasteiger partial charge in [0.1, 0.15) is 18.1 Å². The van der Waals surface area contributed by atoms with Crippen LogP contribution in [0, 0.1) is 0 Å². The standard InChI is InChI=1S/C36H29ClN2O5S/c1-3-43-35(41)31-32(25-8-5-4-6-9-25)38-36-39(33(31)26-10-7-11-29(21-26)42-2)34(40)30(45-36)20-23-14-18-28(19-15-23)44-22-24-12-16-27(37)17-13-24/h4-21,33H,3,22H2,1-2H3/b30-20-/t33-/m0/s1. The minimum atomic E-state index is -0.781. The number of halogens is 1. The van der Waals surface area contributed by atoms with Crippen LogP contribution in [0.2, 0.25) is 5.02 Å². The summed E-state index contributed by atoms with van der Waals surface area (Å²) < 4.78 is 19.0. The molecule has 0 aliphatic carbocycles. The van der Waals surface area contributed by atoms with Gasteiger partial charge in [0.2, 0.25) is 0 Å². The van der Waals surface area contributed by atoms with Gasteiger partial charge in [-0.25, -0.2) is 9.79 Å². The number of hydrogen-bond acceptors (Lipinski definition) is 7. The Kier molecular flexibility index (Phi) is 8.96. The van der Waals surface area contributed by atoms with E-state index in [4.69, 9.17) is 30.8 Å². The van der Waals surface area contributed by atoms with Crippen molar-refractivity contribution in [3.05, 3.63) is 156 Å². The second-order valence-corrected chi connectivity index (χ2v) is 11.6. The zero-order valence-electron chi connectivity index (χ0n) is 24.6. The molecule has 0 spiro atoms. The third-order valence-corrected chi connectivity index (χ3v) is 8.51. The molecular weight excluding hydrogens is 608 g/mol. The summed E-state index contributed by atoms with van der Waals surface area (Å²) in [5, 5.41) is 0.677. The predicted molar refractivity (Wildman–Crippen MR) is 176 cm³/mol. The molecule has 0 radical (unpaired) electrons. The number of thiazole rings is 1. The minimum Gasteiger partial charge on any atom is -0.497 e. The number of fused-ring (bicyclic) bond motifs is 1. The maximum Gasteiger partial charge on any atom is 0.338 e. The van der Waals surface area contributed by atoms with Crippen LogP contribution in [0.3, 0.4) is 0 Å². The second-order valence-electron chi connectivity index (χ2n) is 10.2. The van der Waals surface area contributed by atoms with Crippen LogP contribution in [-0.4, -0.2) is 24.3 Å². The number of carbonyl (C=O) groups excluding carboxylic acids is 1. The summed E-state index contributed by atoms with van der Waals surface area (Å²) in [6.45, 7) is 2.34. The summed E-state index contributed by atoms with van der Waals surface area (Å²) in [7, 11) is 1.58. The molecule has 0 N–H and O–H groups in total. The fourth-order valence-corrected chi connectivity index (χ4v) is 6.25. The lowest BCUT2D eigenvalue weighted by Crippen LogP contribution is -2.40. The van der Waals surface area contributed by atoms with Crippen LogP contribution in [0.25, 0.3) is 11.8 Å². The van der Waals surface area contributed by atoms with Gasteiger partial charge in [0.15, 0.2) is 4.80 Å². The van der Waals surface area contributed by atoms with Crippen molar-refractivity contribution >= 4 is 40.7 Å². The van der Waals surface area contributed by atoms with E-state index < -0.39 is 12.0 Å². The van der Waals surface area contributed by atoms with E-state index in [0.29, 0.717) is 43.7 Å². The number of nitrogens with zero attached hydrogens (tertiary/aromatic N) is 2. The molecule has 9 heteroatoms.